The molecular weight excluding hydrogens is 244 g/mol. The number of hydrogen-bond acceptors (Lipinski definition) is 4. The highest BCUT2D eigenvalue weighted by atomic mass is 16.6. The maximum atomic E-state index is 12.2. The summed E-state index contributed by atoms with van der Waals surface area (Å²) in [6, 6.07) is 0.311. The van der Waals surface area contributed by atoms with Crippen LogP contribution in [0.25, 0.3) is 0 Å². The first-order valence-electron chi connectivity index (χ1n) is 7.02. The van der Waals surface area contributed by atoms with E-state index in [-0.39, 0.29) is 30.8 Å². The van der Waals surface area contributed by atoms with E-state index in [0.717, 1.165) is 13.1 Å². The number of aliphatic hydroxyl groups excluding tert-OH is 1. The monoisotopic (exact) mass is 272 g/mol. The largest absolute Gasteiger partial charge is 0.444 e. The number of ether oxygens (including phenoxy) is 1. The zero-order valence-corrected chi connectivity index (χ0v) is 13.0. The number of carbonyl (C=O) groups is 1. The van der Waals surface area contributed by atoms with Crippen molar-refractivity contribution in [2.75, 3.05) is 19.7 Å². The van der Waals surface area contributed by atoms with Crippen LogP contribution in [-0.2, 0) is 4.74 Å². The molecule has 1 aliphatic rings. The molecule has 1 heterocycles. The Morgan fingerprint density at radius 2 is 1.79 bits per heavy atom. The van der Waals surface area contributed by atoms with Crippen LogP contribution < -0.4 is 0 Å². The molecule has 5 heteroatoms. The van der Waals surface area contributed by atoms with Crippen molar-refractivity contribution in [1.29, 1.82) is 0 Å². The third-order valence-electron chi connectivity index (χ3n) is 3.44. The van der Waals surface area contributed by atoms with Crippen molar-refractivity contribution in [3.05, 3.63) is 0 Å². The van der Waals surface area contributed by atoms with Gasteiger partial charge in [-0.2, -0.15) is 0 Å². The number of amides is 1. The van der Waals surface area contributed by atoms with Crippen LogP contribution in [0.3, 0.4) is 0 Å². The van der Waals surface area contributed by atoms with Crippen LogP contribution in [0.15, 0.2) is 0 Å². The summed E-state index contributed by atoms with van der Waals surface area (Å²) in [7, 11) is 0. The Bertz CT molecular complexity index is 302. The summed E-state index contributed by atoms with van der Waals surface area (Å²) in [5, 5.41) is 9.24. The summed E-state index contributed by atoms with van der Waals surface area (Å²) in [6.07, 6.45) is -0.246. The Kier molecular flexibility index (Phi) is 5.21. The van der Waals surface area contributed by atoms with E-state index in [2.05, 4.69) is 4.90 Å². The van der Waals surface area contributed by atoms with Gasteiger partial charge in [0.05, 0.1) is 6.61 Å². The lowest BCUT2D eigenvalue weighted by molar-refractivity contribution is -0.0253. The average molecular weight is 272 g/mol. The van der Waals surface area contributed by atoms with Crippen LogP contribution in [0, 0.1) is 0 Å². The average Bonchev–Trinajstić information content (AvgIpc) is 2.24. The fourth-order valence-electron chi connectivity index (χ4n) is 2.51. The van der Waals surface area contributed by atoms with Gasteiger partial charge in [0, 0.05) is 31.2 Å². The lowest BCUT2D eigenvalue weighted by Crippen LogP contribution is -2.61. The molecule has 0 aromatic rings. The normalized spacial score (nSPS) is 27.2. The van der Waals surface area contributed by atoms with E-state index in [0.29, 0.717) is 0 Å². The molecule has 1 rings (SSSR count). The third-order valence-corrected chi connectivity index (χ3v) is 3.44. The maximum absolute atomic E-state index is 12.2. The van der Waals surface area contributed by atoms with Crippen molar-refractivity contribution in [3.8, 4) is 0 Å². The molecule has 1 amide bonds. The van der Waals surface area contributed by atoms with Crippen LogP contribution >= 0.6 is 0 Å². The predicted molar refractivity (Wildman–Crippen MR) is 75.1 cm³/mol. The molecular formula is C14H28N2O3. The molecule has 0 aromatic heterocycles. The molecule has 112 valence electrons. The zero-order chi connectivity index (χ0) is 14.8. The van der Waals surface area contributed by atoms with E-state index in [9.17, 15) is 9.90 Å². The van der Waals surface area contributed by atoms with Crippen molar-refractivity contribution in [2.24, 2.45) is 0 Å². The lowest BCUT2D eigenvalue weighted by Gasteiger charge is -2.46. The van der Waals surface area contributed by atoms with Crippen molar-refractivity contribution < 1.29 is 14.6 Å². The molecule has 3 atom stereocenters. The van der Waals surface area contributed by atoms with E-state index < -0.39 is 5.60 Å². The van der Waals surface area contributed by atoms with Gasteiger partial charge in [-0.15, -0.1) is 0 Å². The van der Waals surface area contributed by atoms with Gasteiger partial charge in [-0.05, 0) is 41.5 Å². The second-order valence-corrected chi connectivity index (χ2v) is 6.57. The smallest absolute Gasteiger partial charge is 0.410 e. The fraction of sp³-hybridized carbons (Fsp3) is 0.929. The first kappa shape index (κ1) is 16.2. The summed E-state index contributed by atoms with van der Waals surface area (Å²) >= 11 is 0. The van der Waals surface area contributed by atoms with Crippen molar-refractivity contribution in [2.45, 2.75) is 65.3 Å². The number of piperazine rings is 1. The Balaban J connectivity index is 2.70. The minimum Gasteiger partial charge on any atom is -0.444 e. The Morgan fingerprint density at radius 3 is 2.16 bits per heavy atom. The topological polar surface area (TPSA) is 53.0 Å². The van der Waals surface area contributed by atoms with Gasteiger partial charge in [-0.1, -0.05) is 0 Å². The van der Waals surface area contributed by atoms with Crippen LogP contribution in [0.5, 0.6) is 0 Å². The zero-order valence-electron chi connectivity index (χ0n) is 13.0. The lowest BCUT2D eigenvalue weighted by atomic mass is 10.1. The van der Waals surface area contributed by atoms with E-state index >= 15 is 0 Å². The summed E-state index contributed by atoms with van der Waals surface area (Å²) in [5.41, 5.74) is -0.466. The van der Waals surface area contributed by atoms with Crippen LogP contribution in [0.4, 0.5) is 4.79 Å². The molecule has 19 heavy (non-hydrogen) atoms. The molecule has 0 bridgehead atoms. The molecule has 1 N–H and O–H groups in total. The fourth-order valence-corrected chi connectivity index (χ4v) is 2.51. The van der Waals surface area contributed by atoms with Gasteiger partial charge in [0.25, 0.3) is 0 Å². The molecule has 0 saturated carbocycles. The van der Waals surface area contributed by atoms with Crippen molar-refractivity contribution >= 4 is 6.09 Å². The van der Waals surface area contributed by atoms with E-state index in [1.807, 2.05) is 46.4 Å². The van der Waals surface area contributed by atoms with E-state index in [4.69, 9.17) is 4.74 Å². The van der Waals surface area contributed by atoms with Gasteiger partial charge < -0.3 is 14.7 Å². The predicted octanol–water partition coefficient (Wildman–Crippen LogP) is 1.70. The first-order valence-corrected chi connectivity index (χ1v) is 7.02. The summed E-state index contributed by atoms with van der Waals surface area (Å²) < 4.78 is 5.46. The molecule has 5 nitrogen and oxygen atoms in total. The maximum Gasteiger partial charge on any atom is 0.410 e. The number of carbonyl (C=O) groups excluding carboxylic acids is 1. The quantitative estimate of drug-likeness (QED) is 0.831. The second kappa shape index (κ2) is 6.09. The first-order chi connectivity index (χ1) is 8.65. The van der Waals surface area contributed by atoms with Crippen molar-refractivity contribution in [1.82, 2.24) is 9.80 Å². The van der Waals surface area contributed by atoms with Crippen LogP contribution in [0.2, 0.25) is 0 Å². The number of aliphatic hydroxyl groups is 1. The minimum atomic E-state index is -0.466. The van der Waals surface area contributed by atoms with Crippen molar-refractivity contribution in [3.63, 3.8) is 0 Å². The second-order valence-electron chi connectivity index (χ2n) is 6.57. The van der Waals surface area contributed by atoms with Gasteiger partial charge in [0.1, 0.15) is 5.60 Å². The van der Waals surface area contributed by atoms with Gasteiger partial charge in [0.2, 0.25) is 0 Å². The molecule has 1 fully saturated rings. The Hall–Kier alpha value is -0.810. The van der Waals surface area contributed by atoms with Gasteiger partial charge >= 0.3 is 6.09 Å². The molecule has 0 aliphatic carbocycles. The minimum absolute atomic E-state index is 0.0904. The molecule has 1 unspecified atom stereocenters. The highest BCUT2D eigenvalue weighted by molar-refractivity contribution is 5.69. The summed E-state index contributed by atoms with van der Waals surface area (Å²) in [6.45, 7) is 13.4. The van der Waals surface area contributed by atoms with Crippen LogP contribution in [0.1, 0.15) is 41.5 Å². The molecule has 1 saturated heterocycles. The SMILES string of the molecule is CC(CO)N1C[C@@H](C)N(C(=O)OC(C)(C)C)[C@@H](C)C1. The molecule has 0 spiro atoms. The van der Waals surface area contributed by atoms with Gasteiger partial charge in [0.15, 0.2) is 0 Å². The summed E-state index contributed by atoms with van der Waals surface area (Å²) in [5.74, 6) is 0. The van der Waals surface area contributed by atoms with Crippen LogP contribution in [-0.4, -0.2) is 64.4 Å². The highest BCUT2D eigenvalue weighted by Crippen LogP contribution is 2.21. The van der Waals surface area contributed by atoms with Gasteiger partial charge in [-0.25, -0.2) is 4.79 Å². The molecule has 0 radical (unpaired) electrons. The number of rotatable bonds is 2. The van der Waals surface area contributed by atoms with E-state index in [1.54, 1.807) is 0 Å². The molecule has 0 aromatic carbocycles. The van der Waals surface area contributed by atoms with E-state index in [1.165, 1.54) is 0 Å². The number of nitrogens with zero attached hydrogens (tertiary/aromatic N) is 2. The highest BCUT2D eigenvalue weighted by Gasteiger charge is 2.36. The third kappa shape index (κ3) is 4.35. The Morgan fingerprint density at radius 1 is 1.32 bits per heavy atom. The summed E-state index contributed by atoms with van der Waals surface area (Å²) in [4.78, 5) is 16.2. The van der Waals surface area contributed by atoms with Gasteiger partial charge in [-0.3, -0.25) is 4.90 Å². The standard InChI is InChI=1S/C14H28N2O3/c1-10-7-15(12(3)9-17)8-11(2)16(10)13(18)19-14(4,5)6/h10-12,17H,7-9H2,1-6H3/t10-,11+,12?. The number of hydrogen-bond donors (Lipinski definition) is 1. The Labute approximate surface area is 116 Å². The molecule has 1 aliphatic heterocycles.